The lowest BCUT2D eigenvalue weighted by Crippen LogP contribution is -2.38. The maximum absolute atomic E-state index is 12.5. The Labute approximate surface area is 188 Å². The summed E-state index contributed by atoms with van der Waals surface area (Å²) < 4.78 is 2.11. The van der Waals surface area contributed by atoms with Crippen LogP contribution < -0.4 is 11.1 Å². The van der Waals surface area contributed by atoms with E-state index in [9.17, 15) is 4.79 Å². The number of carbonyl (C=O) groups is 1. The molecule has 7 heteroatoms. The molecule has 2 aliphatic rings. The van der Waals surface area contributed by atoms with Crippen molar-refractivity contribution in [1.29, 1.82) is 0 Å². The number of likely N-dealkylation sites (tertiary alicyclic amines) is 1. The summed E-state index contributed by atoms with van der Waals surface area (Å²) in [5.74, 6) is 4.60. The van der Waals surface area contributed by atoms with Crippen molar-refractivity contribution in [2.75, 3.05) is 24.1 Å². The summed E-state index contributed by atoms with van der Waals surface area (Å²) in [6.45, 7) is 1.50. The van der Waals surface area contributed by atoms with Crippen LogP contribution in [0.4, 0.5) is 11.5 Å². The average molecular weight is 429 g/mol. The smallest absolute Gasteiger partial charge is 0.222 e. The van der Waals surface area contributed by atoms with Gasteiger partial charge in [0.1, 0.15) is 17.2 Å². The van der Waals surface area contributed by atoms with Gasteiger partial charge in [-0.2, -0.15) is 0 Å². The Morgan fingerprint density at radius 3 is 2.88 bits per heavy atom. The van der Waals surface area contributed by atoms with E-state index in [2.05, 4.69) is 38.8 Å². The van der Waals surface area contributed by atoms with Gasteiger partial charge < -0.3 is 16.0 Å². The molecular formula is C25H28N6O. The number of imidazole rings is 1. The van der Waals surface area contributed by atoms with Gasteiger partial charge in [0.25, 0.3) is 0 Å². The first kappa shape index (κ1) is 20.4. The minimum Gasteiger partial charge on any atom is -0.382 e. The van der Waals surface area contributed by atoms with Crippen LogP contribution in [0.15, 0.2) is 36.7 Å². The number of fused-ring (bicyclic) bond motifs is 2. The van der Waals surface area contributed by atoms with Crippen molar-refractivity contribution in [3.8, 4) is 12.3 Å². The molecule has 0 spiro atoms. The monoisotopic (exact) mass is 428 g/mol. The van der Waals surface area contributed by atoms with Gasteiger partial charge in [0.05, 0.1) is 11.7 Å². The first-order valence-electron chi connectivity index (χ1n) is 11.3. The fourth-order valence-electron chi connectivity index (χ4n) is 5.00. The highest BCUT2D eigenvalue weighted by atomic mass is 16.2. The van der Waals surface area contributed by atoms with Gasteiger partial charge >= 0.3 is 0 Å². The molecule has 0 saturated carbocycles. The van der Waals surface area contributed by atoms with Crippen LogP contribution in [-0.4, -0.2) is 38.3 Å². The number of anilines is 2. The van der Waals surface area contributed by atoms with Gasteiger partial charge in [0.2, 0.25) is 5.91 Å². The number of nitrogens with one attached hydrogen (secondary N) is 1. The van der Waals surface area contributed by atoms with Crippen LogP contribution in [-0.2, 0) is 11.2 Å². The molecule has 4 heterocycles. The Balaban J connectivity index is 1.38. The molecule has 0 aliphatic carbocycles. The SMILES string of the molecule is C#CCCCC(=O)N1CCC(c2nc(C3Cc4ccccc4N3)c3c(N)nccn23)CC1. The molecule has 3 aromatic rings. The van der Waals surface area contributed by atoms with Crippen LogP contribution >= 0.6 is 0 Å². The van der Waals surface area contributed by atoms with Gasteiger partial charge in [-0.25, -0.2) is 9.97 Å². The maximum Gasteiger partial charge on any atom is 0.222 e. The number of unbranched alkanes of at least 4 members (excludes halogenated alkanes) is 1. The van der Waals surface area contributed by atoms with Crippen molar-refractivity contribution in [2.24, 2.45) is 0 Å². The summed E-state index contributed by atoms with van der Waals surface area (Å²) in [4.78, 5) is 23.9. The minimum absolute atomic E-state index is 0.0699. The molecule has 0 bridgehead atoms. The highest BCUT2D eigenvalue weighted by molar-refractivity contribution is 5.76. The summed E-state index contributed by atoms with van der Waals surface area (Å²) >= 11 is 0. The predicted molar refractivity (Wildman–Crippen MR) is 125 cm³/mol. The third-order valence-electron chi connectivity index (χ3n) is 6.66. The van der Waals surface area contributed by atoms with Gasteiger partial charge in [-0.05, 0) is 30.9 Å². The maximum atomic E-state index is 12.5. The Bertz CT molecular complexity index is 1160. The average Bonchev–Trinajstić information content (AvgIpc) is 3.42. The Morgan fingerprint density at radius 2 is 2.09 bits per heavy atom. The number of hydrogen-bond acceptors (Lipinski definition) is 5. The number of carbonyl (C=O) groups excluding carboxylic acids is 1. The zero-order chi connectivity index (χ0) is 22.1. The molecule has 5 rings (SSSR count). The third kappa shape index (κ3) is 3.66. The highest BCUT2D eigenvalue weighted by Crippen LogP contribution is 2.38. The fraction of sp³-hybridized carbons (Fsp3) is 0.400. The molecule has 2 aromatic heterocycles. The number of nitrogens with two attached hydrogens (primary N) is 1. The Hall–Kier alpha value is -3.53. The molecule has 1 amide bonds. The van der Waals surface area contributed by atoms with E-state index in [-0.39, 0.29) is 17.9 Å². The van der Waals surface area contributed by atoms with Crippen molar-refractivity contribution < 1.29 is 4.79 Å². The van der Waals surface area contributed by atoms with Gasteiger partial charge in [-0.15, -0.1) is 12.3 Å². The van der Waals surface area contributed by atoms with Crippen LogP contribution in [0.3, 0.4) is 0 Å². The van der Waals surface area contributed by atoms with Crippen LogP contribution in [0.1, 0.15) is 61.1 Å². The van der Waals surface area contributed by atoms with E-state index in [1.807, 2.05) is 17.2 Å². The second kappa shape index (κ2) is 8.54. The summed E-state index contributed by atoms with van der Waals surface area (Å²) in [7, 11) is 0. The molecule has 3 N–H and O–H groups in total. The molecule has 1 aromatic carbocycles. The number of benzene rings is 1. The van der Waals surface area contributed by atoms with Crippen molar-refractivity contribution in [3.63, 3.8) is 0 Å². The van der Waals surface area contributed by atoms with E-state index >= 15 is 0 Å². The normalized spacial score (nSPS) is 18.3. The number of piperidine rings is 1. The number of para-hydroxylation sites is 1. The van der Waals surface area contributed by atoms with Gasteiger partial charge in [-0.3, -0.25) is 9.20 Å². The standard InChI is InChI=1S/C25H28N6O/c1-2-3-4-9-21(32)30-13-10-17(11-14-30)25-29-22(23-24(26)27-12-15-31(23)25)20-16-18-7-5-6-8-19(18)28-20/h1,5-8,12,15,17,20,28H,3-4,9-11,13-14,16H2,(H2,26,27). The number of amides is 1. The highest BCUT2D eigenvalue weighted by Gasteiger charge is 2.31. The number of nitrogens with zero attached hydrogens (tertiary/aromatic N) is 4. The zero-order valence-corrected chi connectivity index (χ0v) is 18.1. The van der Waals surface area contributed by atoms with Crippen LogP contribution in [0.25, 0.3) is 5.52 Å². The number of terminal acetylenes is 1. The molecule has 164 valence electrons. The number of aromatic nitrogens is 3. The zero-order valence-electron chi connectivity index (χ0n) is 18.1. The van der Waals surface area contributed by atoms with Gasteiger partial charge in [0, 0.05) is 56.4 Å². The van der Waals surface area contributed by atoms with Crippen molar-refractivity contribution >= 4 is 22.9 Å². The van der Waals surface area contributed by atoms with E-state index in [4.69, 9.17) is 17.1 Å². The molecule has 7 nitrogen and oxygen atoms in total. The molecule has 1 unspecified atom stereocenters. The van der Waals surface area contributed by atoms with Crippen molar-refractivity contribution in [2.45, 2.75) is 50.5 Å². The Kier molecular flexibility index (Phi) is 5.44. The van der Waals surface area contributed by atoms with E-state index in [0.29, 0.717) is 18.7 Å². The van der Waals surface area contributed by atoms with E-state index in [1.54, 1.807) is 6.20 Å². The third-order valence-corrected chi connectivity index (χ3v) is 6.66. The second-order valence-corrected chi connectivity index (χ2v) is 8.66. The second-order valence-electron chi connectivity index (χ2n) is 8.66. The molecule has 32 heavy (non-hydrogen) atoms. The summed E-state index contributed by atoms with van der Waals surface area (Å²) in [5, 5.41) is 3.61. The van der Waals surface area contributed by atoms with E-state index in [0.717, 1.165) is 61.5 Å². The van der Waals surface area contributed by atoms with Crippen LogP contribution in [0.5, 0.6) is 0 Å². The Morgan fingerprint density at radius 1 is 1.28 bits per heavy atom. The van der Waals surface area contributed by atoms with Crippen molar-refractivity contribution in [3.05, 3.63) is 53.7 Å². The summed E-state index contributed by atoms with van der Waals surface area (Å²) in [5.41, 5.74) is 10.6. The lowest BCUT2D eigenvalue weighted by Gasteiger charge is -2.31. The number of rotatable bonds is 5. The lowest BCUT2D eigenvalue weighted by molar-refractivity contribution is -0.132. The molecular weight excluding hydrogens is 400 g/mol. The van der Waals surface area contributed by atoms with Crippen LogP contribution in [0.2, 0.25) is 0 Å². The number of nitrogen functional groups attached to an aromatic ring is 1. The van der Waals surface area contributed by atoms with Crippen molar-refractivity contribution in [1.82, 2.24) is 19.3 Å². The number of hydrogen-bond donors (Lipinski definition) is 2. The minimum atomic E-state index is 0.0699. The van der Waals surface area contributed by atoms with E-state index in [1.165, 1.54) is 5.56 Å². The first-order valence-corrected chi connectivity index (χ1v) is 11.3. The summed E-state index contributed by atoms with van der Waals surface area (Å²) in [6.07, 6.45) is 13.6. The van der Waals surface area contributed by atoms with E-state index < -0.39 is 0 Å². The topological polar surface area (TPSA) is 88.5 Å². The quantitative estimate of drug-likeness (QED) is 0.479. The van der Waals surface area contributed by atoms with Gasteiger partial charge in [0.15, 0.2) is 0 Å². The molecule has 1 saturated heterocycles. The largest absolute Gasteiger partial charge is 0.382 e. The molecule has 0 radical (unpaired) electrons. The fourth-order valence-corrected chi connectivity index (χ4v) is 5.00. The van der Waals surface area contributed by atoms with Crippen LogP contribution in [0, 0.1) is 12.3 Å². The molecule has 2 aliphatic heterocycles. The first-order chi connectivity index (χ1) is 15.7. The summed E-state index contributed by atoms with van der Waals surface area (Å²) in [6, 6.07) is 8.44. The molecule has 1 atom stereocenters. The lowest BCUT2D eigenvalue weighted by atomic mass is 9.95. The van der Waals surface area contributed by atoms with Gasteiger partial charge in [-0.1, -0.05) is 18.2 Å². The predicted octanol–water partition coefficient (Wildman–Crippen LogP) is 3.53. The molecule has 1 fully saturated rings.